The van der Waals surface area contributed by atoms with E-state index in [1.807, 2.05) is 45.9 Å². The standard InChI is InChI=1S/C14H17NO2/c1-13(2)9-12(15(16)17)14(3,4)11-8-6-5-7-10(11)13/h5-9H,1-4H3. The van der Waals surface area contributed by atoms with Crippen molar-refractivity contribution >= 4 is 0 Å². The first kappa shape index (κ1) is 11.8. The molecule has 0 aromatic heterocycles. The molecule has 0 radical (unpaired) electrons. The molecule has 0 saturated carbocycles. The molecule has 1 aromatic rings. The van der Waals surface area contributed by atoms with E-state index in [1.54, 1.807) is 6.08 Å². The summed E-state index contributed by atoms with van der Waals surface area (Å²) in [7, 11) is 0. The van der Waals surface area contributed by atoms with E-state index in [0.29, 0.717) is 5.70 Å². The molecule has 1 aromatic carbocycles. The molecular weight excluding hydrogens is 214 g/mol. The summed E-state index contributed by atoms with van der Waals surface area (Å²) < 4.78 is 0. The minimum Gasteiger partial charge on any atom is -0.259 e. The zero-order valence-electron chi connectivity index (χ0n) is 10.7. The van der Waals surface area contributed by atoms with Crippen LogP contribution in [0.5, 0.6) is 0 Å². The highest BCUT2D eigenvalue weighted by Crippen LogP contribution is 2.44. The number of allylic oxidation sites excluding steroid dienone is 2. The molecule has 0 bridgehead atoms. The lowest BCUT2D eigenvalue weighted by atomic mass is 9.66. The minimum absolute atomic E-state index is 0.252. The highest BCUT2D eigenvalue weighted by atomic mass is 16.6. The number of rotatable bonds is 1. The van der Waals surface area contributed by atoms with Crippen LogP contribution < -0.4 is 0 Å². The van der Waals surface area contributed by atoms with Crippen LogP contribution in [0, 0.1) is 10.1 Å². The van der Waals surface area contributed by atoms with Gasteiger partial charge in [-0.15, -0.1) is 0 Å². The summed E-state index contributed by atoms with van der Waals surface area (Å²) in [6.07, 6.45) is 1.79. The van der Waals surface area contributed by atoms with Crippen molar-refractivity contribution in [3.8, 4) is 0 Å². The van der Waals surface area contributed by atoms with Crippen LogP contribution in [-0.4, -0.2) is 4.92 Å². The van der Waals surface area contributed by atoms with Crippen LogP contribution in [0.3, 0.4) is 0 Å². The number of nitrogens with zero attached hydrogens (tertiary/aromatic N) is 1. The smallest absolute Gasteiger partial charge is 0.253 e. The molecule has 0 spiro atoms. The summed E-state index contributed by atoms with van der Waals surface area (Å²) in [5.74, 6) is 0. The highest BCUT2D eigenvalue weighted by Gasteiger charge is 2.44. The molecule has 2 rings (SSSR count). The Morgan fingerprint density at radius 3 is 2.12 bits per heavy atom. The maximum atomic E-state index is 11.2. The lowest BCUT2D eigenvalue weighted by molar-refractivity contribution is -0.436. The molecule has 1 aliphatic rings. The summed E-state index contributed by atoms with van der Waals surface area (Å²) in [6, 6.07) is 7.99. The van der Waals surface area contributed by atoms with E-state index in [0.717, 1.165) is 5.56 Å². The molecule has 0 unspecified atom stereocenters. The topological polar surface area (TPSA) is 43.1 Å². The van der Waals surface area contributed by atoms with Crippen molar-refractivity contribution < 1.29 is 4.92 Å². The van der Waals surface area contributed by atoms with Crippen LogP contribution >= 0.6 is 0 Å². The highest BCUT2D eigenvalue weighted by molar-refractivity contribution is 5.49. The molecule has 1 aliphatic carbocycles. The SMILES string of the molecule is CC1(C)C=C([N+](=O)[O-])C(C)(C)c2ccccc21. The Kier molecular flexibility index (Phi) is 2.38. The second kappa shape index (κ2) is 3.42. The number of fused-ring (bicyclic) bond motifs is 1. The van der Waals surface area contributed by atoms with Crippen molar-refractivity contribution in [2.75, 3.05) is 0 Å². The molecule has 3 nitrogen and oxygen atoms in total. The first-order valence-electron chi connectivity index (χ1n) is 5.74. The van der Waals surface area contributed by atoms with Gasteiger partial charge in [0.05, 0.1) is 10.3 Å². The van der Waals surface area contributed by atoms with Crippen LogP contribution in [0.15, 0.2) is 36.0 Å². The molecule has 0 atom stereocenters. The van der Waals surface area contributed by atoms with Gasteiger partial charge >= 0.3 is 0 Å². The third-order valence-corrected chi connectivity index (χ3v) is 3.63. The lowest BCUT2D eigenvalue weighted by Crippen LogP contribution is -2.35. The van der Waals surface area contributed by atoms with Gasteiger partial charge in [-0.1, -0.05) is 38.1 Å². The number of nitro groups is 1. The van der Waals surface area contributed by atoms with Crippen molar-refractivity contribution in [2.45, 2.75) is 38.5 Å². The average Bonchev–Trinajstić information content (AvgIpc) is 2.24. The summed E-state index contributed by atoms with van der Waals surface area (Å²) in [5.41, 5.74) is 1.71. The van der Waals surface area contributed by atoms with E-state index in [2.05, 4.69) is 6.07 Å². The summed E-state index contributed by atoms with van der Waals surface area (Å²) >= 11 is 0. The molecule has 0 saturated heterocycles. The predicted molar refractivity (Wildman–Crippen MR) is 67.6 cm³/mol. The van der Waals surface area contributed by atoms with Crippen molar-refractivity contribution in [1.29, 1.82) is 0 Å². The third-order valence-electron chi connectivity index (χ3n) is 3.63. The van der Waals surface area contributed by atoms with Crippen molar-refractivity contribution in [3.05, 3.63) is 57.3 Å². The fourth-order valence-corrected chi connectivity index (χ4v) is 2.61. The first-order chi connectivity index (χ1) is 7.77. The van der Waals surface area contributed by atoms with Crippen LogP contribution in [0.2, 0.25) is 0 Å². The van der Waals surface area contributed by atoms with Crippen molar-refractivity contribution in [2.24, 2.45) is 0 Å². The van der Waals surface area contributed by atoms with Crippen LogP contribution in [0.1, 0.15) is 38.8 Å². The number of hydrogen-bond acceptors (Lipinski definition) is 2. The Hall–Kier alpha value is -1.64. The molecule has 0 aliphatic heterocycles. The van der Waals surface area contributed by atoms with Crippen LogP contribution in [-0.2, 0) is 10.8 Å². The third kappa shape index (κ3) is 1.66. The summed E-state index contributed by atoms with van der Waals surface area (Å²) in [4.78, 5) is 11.0. The van der Waals surface area contributed by atoms with E-state index in [1.165, 1.54) is 5.56 Å². The maximum Gasteiger partial charge on any atom is 0.253 e. The van der Waals surface area contributed by atoms with Crippen LogP contribution in [0.4, 0.5) is 0 Å². The van der Waals surface area contributed by atoms with E-state index >= 15 is 0 Å². The number of benzene rings is 1. The quantitative estimate of drug-likeness (QED) is 0.549. The lowest BCUT2D eigenvalue weighted by Gasteiger charge is -2.36. The van der Waals surface area contributed by atoms with E-state index in [-0.39, 0.29) is 10.3 Å². The maximum absolute atomic E-state index is 11.2. The van der Waals surface area contributed by atoms with Crippen molar-refractivity contribution in [1.82, 2.24) is 0 Å². The average molecular weight is 231 g/mol. The van der Waals surface area contributed by atoms with Gasteiger partial charge in [-0.2, -0.15) is 0 Å². The van der Waals surface area contributed by atoms with E-state index in [4.69, 9.17) is 0 Å². The number of hydrogen-bond donors (Lipinski definition) is 0. The zero-order valence-corrected chi connectivity index (χ0v) is 10.7. The monoisotopic (exact) mass is 231 g/mol. The molecule has 0 N–H and O–H groups in total. The Morgan fingerprint density at radius 1 is 1.06 bits per heavy atom. The molecule has 0 heterocycles. The molecular formula is C14H17NO2. The fraction of sp³-hybridized carbons (Fsp3) is 0.429. The van der Waals surface area contributed by atoms with Gasteiger partial charge in [0, 0.05) is 5.41 Å². The molecule has 3 heteroatoms. The Balaban J connectivity index is 2.74. The molecule has 0 fully saturated rings. The Bertz CT molecular complexity index is 513. The van der Waals surface area contributed by atoms with Gasteiger partial charge in [-0.3, -0.25) is 10.1 Å². The fourth-order valence-electron chi connectivity index (χ4n) is 2.61. The Labute approximate surface area is 101 Å². The van der Waals surface area contributed by atoms with Gasteiger partial charge in [-0.25, -0.2) is 0 Å². The Morgan fingerprint density at radius 2 is 1.59 bits per heavy atom. The van der Waals surface area contributed by atoms with Crippen molar-refractivity contribution in [3.63, 3.8) is 0 Å². The molecule has 90 valence electrons. The van der Waals surface area contributed by atoms with Gasteiger partial charge in [-0.05, 0) is 31.1 Å². The normalized spacial score (nSPS) is 20.4. The summed E-state index contributed by atoms with van der Waals surface area (Å²) in [5, 5.41) is 11.2. The summed E-state index contributed by atoms with van der Waals surface area (Å²) in [6.45, 7) is 7.86. The van der Waals surface area contributed by atoms with Gasteiger partial charge < -0.3 is 0 Å². The van der Waals surface area contributed by atoms with Gasteiger partial charge in [0.15, 0.2) is 0 Å². The second-order valence-electron chi connectivity index (χ2n) is 5.68. The minimum atomic E-state index is -0.532. The molecule has 0 amide bonds. The first-order valence-corrected chi connectivity index (χ1v) is 5.74. The van der Waals surface area contributed by atoms with Crippen LogP contribution in [0.25, 0.3) is 0 Å². The second-order valence-corrected chi connectivity index (χ2v) is 5.68. The zero-order chi connectivity index (χ0) is 12.8. The van der Waals surface area contributed by atoms with Gasteiger partial charge in [0.2, 0.25) is 0 Å². The molecule has 17 heavy (non-hydrogen) atoms. The van der Waals surface area contributed by atoms with Gasteiger partial charge in [0.1, 0.15) is 0 Å². The predicted octanol–water partition coefficient (Wildman–Crippen LogP) is 3.42. The van der Waals surface area contributed by atoms with E-state index < -0.39 is 5.41 Å². The van der Waals surface area contributed by atoms with Gasteiger partial charge in [0.25, 0.3) is 5.70 Å². The van der Waals surface area contributed by atoms with E-state index in [9.17, 15) is 10.1 Å². The largest absolute Gasteiger partial charge is 0.259 e.